The molecule has 4 heteroatoms. The maximum absolute atomic E-state index is 5.89. The van der Waals surface area contributed by atoms with Gasteiger partial charge < -0.3 is 16.2 Å². The third kappa shape index (κ3) is 1.45. The highest BCUT2D eigenvalue weighted by atomic mass is 35.5. The largest absolute Gasteiger partial charge is 0.493 e. The number of ether oxygens (including phenoxy) is 1. The van der Waals surface area contributed by atoms with Crippen LogP contribution in [0.5, 0.6) is 5.75 Å². The molecule has 0 aromatic heterocycles. The quantitative estimate of drug-likeness (QED) is 0.624. The van der Waals surface area contributed by atoms with Crippen LogP contribution in [-0.2, 0) is 0 Å². The predicted molar refractivity (Wildman–Crippen MR) is 52.9 cm³/mol. The lowest BCUT2D eigenvalue weighted by molar-refractivity contribution is 0.269. The van der Waals surface area contributed by atoms with Crippen LogP contribution in [0.3, 0.4) is 0 Å². The van der Waals surface area contributed by atoms with Crippen LogP contribution < -0.4 is 16.2 Å². The number of fused-ring (bicyclic) bond motifs is 1. The van der Waals surface area contributed by atoms with Crippen molar-refractivity contribution >= 4 is 17.3 Å². The van der Waals surface area contributed by atoms with E-state index < -0.39 is 0 Å². The van der Waals surface area contributed by atoms with Gasteiger partial charge in [0, 0.05) is 24.1 Å². The molecule has 0 saturated carbocycles. The monoisotopic (exact) mass is 198 g/mol. The van der Waals surface area contributed by atoms with Gasteiger partial charge >= 0.3 is 0 Å². The first-order chi connectivity index (χ1) is 6.18. The second-order valence-corrected chi connectivity index (χ2v) is 3.56. The Balaban J connectivity index is 2.52. The molecule has 4 N–H and O–H groups in total. The number of anilines is 1. The molecule has 1 aliphatic heterocycles. The van der Waals surface area contributed by atoms with E-state index in [-0.39, 0.29) is 6.04 Å². The zero-order valence-corrected chi connectivity index (χ0v) is 7.84. The van der Waals surface area contributed by atoms with Crippen molar-refractivity contribution in [1.29, 1.82) is 0 Å². The van der Waals surface area contributed by atoms with E-state index in [1.165, 1.54) is 0 Å². The summed E-state index contributed by atoms with van der Waals surface area (Å²) in [5.74, 6) is 0.762. The Morgan fingerprint density at radius 2 is 2.23 bits per heavy atom. The van der Waals surface area contributed by atoms with E-state index >= 15 is 0 Å². The molecule has 1 heterocycles. The second kappa shape index (κ2) is 3.09. The minimum Gasteiger partial charge on any atom is -0.493 e. The number of nitrogen functional groups attached to an aromatic ring is 1. The van der Waals surface area contributed by atoms with Crippen molar-refractivity contribution in [1.82, 2.24) is 0 Å². The molecule has 1 atom stereocenters. The average molecular weight is 199 g/mol. The Hall–Kier alpha value is -0.930. The fourth-order valence-corrected chi connectivity index (χ4v) is 1.61. The van der Waals surface area contributed by atoms with E-state index in [0.717, 1.165) is 17.7 Å². The fraction of sp³-hybridized carbons (Fsp3) is 0.333. The molecule has 0 saturated heterocycles. The predicted octanol–water partition coefficient (Wildman–Crippen LogP) is 1.70. The summed E-state index contributed by atoms with van der Waals surface area (Å²) in [5, 5.41) is 0.521. The van der Waals surface area contributed by atoms with E-state index in [1.807, 2.05) is 0 Å². The molecule has 0 spiro atoms. The van der Waals surface area contributed by atoms with Gasteiger partial charge in [0.1, 0.15) is 5.75 Å². The third-order valence-corrected chi connectivity index (χ3v) is 2.54. The zero-order valence-electron chi connectivity index (χ0n) is 7.09. The van der Waals surface area contributed by atoms with Gasteiger partial charge in [0.15, 0.2) is 0 Å². The molecule has 1 aliphatic rings. The lowest BCUT2D eigenvalue weighted by Crippen LogP contribution is -2.20. The lowest BCUT2D eigenvalue weighted by Gasteiger charge is -2.23. The van der Waals surface area contributed by atoms with Gasteiger partial charge in [0.05, 0.1) is 17.3 Å². The molecule has 1 aromatic carbocycles. The van der Waals surface area contributed by atoms with Gasteiger partial charge in [-0.25, -0.2) is 0 Å². The van der Waals surface area contributed by atoms with Crippen molar-refractivity contribution in [2.45, 2.75) is 12.5 Å². The minimum absolute atomic E-state index is 0.0170. The maximum atomic E-state index is 5.89. The molecule has 3 nitrogen and oxygen atoms in total. The van der Waals surface area contributed by atoms with Gasteiger partial charge in [-0.3, -0.25) is 0 Å². The van der Waals surface area contributed by atoms with Crippen molar-refractivity contribution in [3.8, 4) is 5.75 Å². The van der Waals surface area contributed by atoms with E-state index in [1.54, 1.807) is 12.1 Å². The summed E-state index contributed by atoms with van der Waals surface area (Å²) in [6, 6.07) is 3.54. The highest BCUT2D eigenvalue weighted by Crippen LogP contribution is 2.35. The summed E-state index contributed by atoms with van der Waals surface area (Å²) in [6.07, 6.45) is 0.827. The van der Waals surface area contributed by atoms with Crippen LogP contribution in [0.1, 0.15) is 18.0 Å². The van der Waals surface area contributed by atoms with Gasteiger partial charge in [-0.2, -0.15) is 0 Å². The van der Waals surface area contributed by atoms with Crippen LogP contribution in [0.4, 0.5) is 5.69 Å². The summed E-state index contributed by atoms with van der Waals surface area (Å²) >= 11 is 5.85. The summed E-state index contributed by atoms with van der Waals surface area (Å²) in [6.45, 7) is 0.647. The zero-order chi connectivity index (χ0) is 9.42. The van der Waals surface area contributed by atoms with Crippen LogP contribution in [0.25, 0.3) is 0 Å². The van der Waals surface area contributed by atoms with Crippen molar-refractivity contribution < 1.29 is 4.74 Å². The number of halogens is 1. The normalized spacial score (nSPS) is 20.6. The molecule has 0 fully saturated rings. The van der Waals surface area contributed by atoms with Crippen molar-refractivity contribution in [2.24, 2.45) is 5.73 Å². The standard InChI is InChI=1S/C9H11ClN2O/c10-6-4-9-5(3-8(6)12)7(11)1-2-13-9/h3-4,7H,1-2,11-12H2/t7-/m1/s1. The summed E-state index contributed by atoms with van der Waals surface area (Å²) < 4.78 is 5.41. The topological polar surface area (TPSA) is 61.3 Å². The molecule has 1 aromatic rings. The highest BCUT2D eigenvalue weighted by Gasteiger charge is 2.19. The van der Waals surface area contributed by atoms with Gasteiger partial charge in [-0.05, 0) is 6.07 Å². The number of benzene rings is 1. The first kappa shape index (κ1) is 8.66. The van der Waals surface area contributed by atoms with Crippen LogP contribution in [0, 0.1) is 0 Å². The molecule has 70 valence electrons. The third-order valence-electron chi connectivity index (χ3n) is 2.22. The first-order valence-electron chi connectivity index (χ1n) is 4.16. The Morgan fingerprint density at radius 1 is 1.46 bits per heavy atom. The Bertz CT molecular complexity index is 341. The van der Waals surface area contributed by atoms with Crippen LogP contribution in [0.15, 0.2) is 12.1 Å². The second-order valence-electron chi connectivity index (χ2n) is 3.16. The summed E-state index contributed by atoms with van der Waals surface area (Å²) in [5.41, 5.74) is 13.1. The first-order valence-corrected chi connectivity index (χ1v) is 4.53. The fourth-order valence-electron chi connectivity index (χ4n) is 1.46. The molecule has 0 amide bonds. The van der Waals surface area contributed by atoms with Gasteiger partial charge in [-0.1, -0.05) is 11.6 Å². The van der Waals surface area contributed by atoms with Crippen molar-refractivity contribution in [2.75, 3.05) is 12.3 Å². The van der Waals surface area contributed by atoms with E-state index in [9.17, 15) is 0 Å². The van der Waals surface area contributed by atoms with Crippen LogP contribution in [0.2, 0.25) is 5.02 Å². The van der Waals surface area contributed by atoms with Gasteiger partial charge in [-0.15, -0.1) is 0 Å². The van der Waals surface area contributed by atoms with Crippen LogP contribution in [-0.4, -0.2) is 6.61 Å². The van der Waals surface area contributed by atoms with E-state index in [4.69, 9.17) is 27.8 Å². The molecule has 0 radical (unpaired) electrons. The molecule has 13 heavy (non-hydrogen) atoms. The Labute approximate surface area is 81.6 Å². The maximum Gasteiger partial charge on any atom is 0.125 e. The molecule has 0 aliphatic carbocycles. The lowest BCUT2D eigenvalue weighted by atomic mass is 10.0. The Morgan fingerprint density at radius 3 is 3.00 bits per heavy atom. The molecule has 2 rings (SSSR count). The smallest absolute Gasteiger partial charge is 0.125 e. The van der Waals surface area contributed by atoms with Gasteiger partial charge in [0.25, 0.3) is 0 Å². The molecular weight excluding hydrogens is 188 g/mol. The number of rotatable bonds is 0. The molecule has 0 unspecified atom stereocenters. The highest BCUT2D eigenvalue weighted by molar-refractivity contribution is 6.33. The van der Waals surface area contributed by atoms with Crippen molar-refractivity contribution in [3.05, 3.63) is 22.7 Å². The summed E-state index contributed by atoms with van der Waals surface area (Å²) in [4.78, 5) is 0. The minimum atomic E-state index is 0.0170. The SMILES string of the molecule is Nc1cc2c(cc1Cl)OCC[C@H]2N. The number of nitrogens with two attached hydrogens (primary N) is 2. The molecular formula is C9H11ClN2O. The summed E-state index contributed by atoms with van der Waals surface area (Å²) in [7, 11) is 0. The van der Waals surface area contributed by atoms with Gasteiger partial charge in [0.2, 0.25) is 0 Å². The van der Waals surface area contributed by atoms with Crippen LogP contribution >= 0.6 is 11.6 Å². The Kier molecular flexibility index (Phi) is 2.06. The van der Waals surface area contributed by atoms with E-state index in [2.05, 4.69) is 0 Å². The number of hydrogen-bond acceptors (Lipinski definition) is 3. The number of hydrogen-bond donors (Lipinski definition) is 2. The molecule has 0 bridgehead atoms. The van der Waals surface area contributed by atoms with E-state index in [0.29, 0.717) is 17.3 Å². The average Bonchev–Trinajstić information content (AvgIpc) is 2.09. The van der Waals surface area contributed by atoms with Crippen molar-refractivity contribution in [3.63, 3.8) is 0 Å².